The summed E-state index contributed by atoms with van der Waals surface area (Å²) in [5.41, 5.74) is 5.19. The lowest BCUT2D eigenvalue weighted by Crippen LogP contribution is -2.20. The molecule has 0 aromatic carbocycles. The topological polar surface area (TPSA) is 78.0 Å². The molecule has 2 N–H and O–H groups in total. The summed E-state index contributed by atoms with van der Waals surface area (Å²) in [5.74, 6) is 0.956. The van der Waals surface area contributed by atoms with Crippen molar-refractivity contribution in [2.24, 2.45) is 12.8 Å². The summed E-state index contributed by atoms with van der Waals surface area (Å²) in [6.07, 6.45) is 3.90. The minimum Gasteiger partial charge on any atom is -0.338 e. The van der Waals surface area contributed by atoms with Gasteiger partial charge >= 0.3 is 0 Å². The quantitative estimate of drug-likeness (QED) is 0.710. The number of nitrogens with zero attached hydrogens (tertiary/aromatic N) is 2. The SMILES string of the molecule is Cn1ccnc1CCS(=O)(=O)CCN. The van der Waals surface area contributed by atoms with E-state index in [1.54, 1.807) is 12.4 Å². The molecule has 0 saturated heterocycles. The minimum absolute atomic E-state index is 0.0530. The average molecular weight is 217 g/mol. The van der Waals surface area contributed by atoms with E-state index in [0.29, 0.717) is 6.42 Å². The molecule has 5 nitrogen and oxygen atoms in total. The summed E-state index contributed by atoms with van der Waals surface area (Å²) in [6, 6.07) is 0. The zero-order valence-electron chi connectivity index (χ0n) is 8.18. The van der Waals surface area contributed by atoms with Crippen LogP contribution < -0.4 is 5.73 Å². The van der Waals surface area contributed by atoms with Crippen molar-refractivity contribution in [2.45, 2.75) is 6.42 Å². The summed E-state index contributed by atoms with van der Waals surface area (Å²) < 4.78 is 24.5. The molecule has 0 radical (unpaired) electrons. The molecule has 1 aromatic rings. The molecule has 0 spiro atoms. The van der Waals surface area contributed by atoms with Crippen LogP contribution in [0.15, 0.2) is 12.4 Å². The van der Waals surface area contributed by atoms with Crippen LogP contribution in [0, 0.1) is 0 Å². The van der Waals surface area contributed by atoms with E-state index in [1.165, 1.54) is 0 Å². The van der Waals surface area contributed by atoms with Crippen LogP contribution in [0.5, 0.6) is 0 Å². The summed E-state index contributed by atoms with van der Waals surface area (Å²) >= 11 is 0. The van der Waals surface area contributed by atoms with Gasteiger partial charge in [-0.25, -0.2) is 13.4 Å². The fourth-order valence-corrected chi connectivity index (χ4v) is 2.22. The maximum Gasteiger partial charge on any atom is 0.151 e. The van der Waals surface area contributed by atoms with Gasteiger partial charge in [0.15, 0.2) is 9.84 Å². The largest absolute Gasteiger partial charge is 0.338 e. The van der Waals surface area contributed by atoms with Crippen molar-refractivity contribution in [3.05, 3.63) is 18.2 Å². The zero-order chi connectivity index (χ0) is 10.6. The van der Waals surface area contributed by atoms with Gasteiger partial charge in [0.05, 0.1) is 11.5 Å². The van der Waals surface area contributed by atoms with Crippen LogP contribution in [0.2, 0.25) is 0 Å². The van der Waals surface area contributed by atoms with E-state index in [0.717, 1.165) is 5.82 Å². The maximum absolute atomic E-state index is 11.3. The Balaban J connectivity index is 2.53. The summed E-state index contributed by atoms with van der Waals surface area (Å²) in [6.45, 7) is 0.183. The molecule has 0 bridgehead atoms. The van der Waals surface area contributed by atoms with Crippen molar-refractivity contribution in [3.8, 4) is 0 Å². The van der Waals surface area contributed by atoms with Crippen molar-refractivity contribution in [1.82, 2.24) is 9.55 Å². The van der Waals surface area contributed by atoms with Gasteiger partial charge in [0.2, 0.25) is 0 Å². The third kappa shape index (κ3) is 3.12. The number of rotatable bonds is 5. The van der Waals surface area contributed by atoms with Crippen molar-refractivity contribution in [3.63, 3.8) is 0 Å². The van der Waals surface area contributed by atoms with Gasteiger partial charge in [-0.3, -0.25) is 0 Å². The molecule has 0 saturated carbocycles. The number of imidazole rings is 1. The highest BCUT2D eigenvalue weighted by molar-refractivity contribution is 7.91. The predicted molar refractivity (Wildman–Crippen MR) is 54.6 cm³/mol. The van der Waals surface area contributed by atoms with Gasteiger partial charge in [0.1, 0.15) is 5.82 Å². The Kier molecular flexibility index (Phi) is 3.65. The molecule has 0 aliphatic carbocycles. The van der Waals surface area contributed by atoms with Crippen LogP contribution >= 0.6 is 0 Å². The van der Waals surface area contributed by atoms with Crippen LogP contribution in [0.25, 0.3) is 0 Å². The molecule has 0 aliphatic rings. The molecule has 0 aliphatic heterocycles. The van der Waals surface area contributed by atoms with Gasteiger partial charge < -0.3 is 10.3 Å². The second kappa shape index (κ2) is 4.56. The zero-order valence-corrected chi connectivity index (χ0v) is 9.00. The highest BCUT2D eigenvalue weighted by Crippen LogP contribution is 1.99. The van der Waals surface area contributed by atoms with Gasteiger partial charge in [-0.15, -0.1) is 0 Å². The number of nitrogens with two attached hydrogens (primary N) is 1. The van der Waals surface area contributed by atoms with E-state index in [1.807, 2.05) is 11.6 Å². The molecule has 0 unspecified atom stereocenters. The Morgan fingerprint density at radius 2 is 2.21 bits per heavy atom. The molecule has 0 amide bonds. The molecular weight excluding hydrogens is 202 g/mol. The van der Waals surface area contributed by atoms with Crippen LogP contribution in [0.3, 0.4) is 0 Å². The first-order valence-corrected chi connectivity index (χ1v) is 6.24. The smallest absolute Gasteiger partial charge is 0.151 e. The van der Waals surface area contributed by atoms with Crippen LogP contribution in [-0.2, 0) is 23.3 Å². The summed E-state index contributed by atoms with van der Waals surface area (Å²) in [7, 11) is -1.16. The molecule has 0 atom stereocenters. The number of aromatic nitrogens is 2. The number of hydrogen-bond acceptors (Lipinski definition) is 4. The fourth-order valence-electron chi connectivity index (χ4n) is 1.17. The van der Waals surface area contributed by atoms with E-state index in [4.69, 9.17) is 5.73 Å². The van der Waals surface area contributed by atoms with Gasteiger partial charge in [-0.05, 0) is 0 Å². The Labute approximate surface area is 83.9 Å². The minimum atomic E-state index is -3.00. The van der Waals surface area contributed by atoms with Crippen molar-refractivity contribution < 1.29 is 8.42 Å². The van der Waals surface area contributed by atoms with Gasteiger partial charge in [-0.2, -0.15) is 0 Å². The Morgan fingerprint density at radius 1 is 1.50 bits per heavy atom. The lowest BCUT2D eigenvalue weighted by atomic mass is 10.4. The fraction of sp³-hybridized carbons (Fsp3) is 0.625. The average Bonchev–Trinajstić information content (AvgIpc) is 2.48. The number of hydrogen-bond donors (Lipinski definition) is 1. The highest BCUT2D eigenvalue weighted by Gasteiger charge is 2.11. The third-order valence-electron chi connectivity index (χ3n) is 1.99. The second-order valence-electron chi connectivity index (χ2n) is 3.14. The Morgan fingerprint density at radius 3 is 2.71 bits per heavy atom. The molecule has 1 heterocycles. The molecule has 1 aromatic heterocycles. The number of aryl methyl sites for hydroxylation is 2. The van der Waals surface area contributed by atoms with E-state index < -0.39 is 9.84 Å². The van der Waals surface area contributed by atoms with E-state index in [9.17, 15) is 8.42 Å². The molecule has 1 rings (SSSR count). The van der Waals surface area contributed by atoms with Crippen molar-refractivity contribution in [2.75, 3.05) is 18.1 Å². The first-order chi connectivity index (χ1) is 6.55. The Hall–Kier alpha value is -0.880. The summed E-state index contributed by atoms with van der Waals surface area (Å²) in [5, 5.41) is 0. The molecule has 80 valence electrons. The molecule has 14 heavy (non-hydrogen) atoms. The lowest BCUT2D eigenvalue weighted by Gasteiger charge is -2.02. The predicted octanol–water partition coefficient (Wildman–Crippen LogP) is -0.664. The van der Waals surface area contributed by atoms with Crippen LogP contribution in [0.1, 0.15) is 5.82 Å². The van der Waals surface area contributed by atoms with Crippen LogP contribution in [-0.4, -0.2) is 36.0 Å². The summed E-state index contributed by atoms with van der Waals surface area (Å²) in [4.78, 5) is 4.05. The molecular formula is C8H15N3O2S. The van der Waals surface area contributed by atoms with E-state index >= 15 is 0 Å². The first-order valence-electron chi connectivity index (χ1n) is 4.42. The van der Waals surface area contributed by atoms with Gasteiger partial charge in [0.25, 0.3) is 0 Å². The normalized spacial score (nSPS) is 11.9. The maximum atomic E-state index is 11.3. The first kappa shape index (κ1) is 11.2. The molecule has 0 fully saturated rings. The highest BCUT2D eigenvalue weighted by atomic mass is 32.2. The van der Waals surface area contributed by atoms with Crippen molar-refractivity contribution in [1.29, 1.82) is 0 Å². The second-order valence-corrected chi connectivity index (χ2v) is 5.45. The van der Waals surface area contributed by atoms with Gasteiger partial charge in [-0.1, -0.05) is 0 Å². The third-order valence-corrected chi connectivity index (χ3v) is 3.67. The lowest BCUT2D eigenvalue weighted by molar-refractivity contribution is 0.593. The van der Waals surface area contributed by atoms with E-state index in [-0.39, 0.29) is 18.1 Å². The number of sulfone groups is 1. The van der Waals surface area contributed by atoms with Crippen LogP contribution in [0.4, 0.5) is 0 Å². The standard InChI is InChI=1S/C8H15N3O2S/c1-11-5-4-10-8(11)2-6-14(12,13)7-3-9/h4-5H,2-3,6-7,9H2,1H3. The van der Waals surface area contributed by atoms with Gasteiger partial charge in [0, 0.05) is 32.4 Å². The molecule has 6 heteroatoms. The van der Waals surface area contributed by atoms with E-state index in [2.05, 4.69) is 4.98 Å². The Bertz CT molecular complexity index is 383. The van der Waals surface area contributed by atoms with Crippen molar-refractivity contribution >= 4 is 9.84 Å². The monoisotopic (exact) mass is 217 g/mol.